The number of aryl methyl sites for hydroxylation is 1. The molecule has 22 heavy (non-hydrogen) atoms. The van der Waals surface area contributed by atoms with E-state index in [4.69, 9.17) is 5.11 Å². The second-order valence-corrected chi connectivity index (χ2v) is 7.02. The summed E-state index contributed by atoms with van der Waals surface area (Å²) in [5.41, 5.74) is -0.637. The van der Waals surface area contributed by atoms with E-state index < -0.39 is 50.7 Å². The van der Waals surface area contributed by atoms with Gasteiger partial charge in [0, 0.05) is 5.92 Å². The quantitative estimate of drug-likeness (QED) is 0.833. The lowest BCUT2D eigenvalue weighted by Crippen LogP contribution is -2.38. The van der Waals surface area contributed by atoms with E-state index in [9.17, 15) is 26.4 Å². The largest absolute Gasteiger partial charge is 0.478 e. The number of nitrogens with one attached hydrogen (secondary N) is 1. The molecule has 1 aromatic carbocycles. The first-order valence-electron chi connectivity index (χ1n) is 6.45. The van der Waals surface area contributed by atoms with Crippen molar-refractivity contribution in [3.63, 3.8) is 0 Å². The minimum atomic E-state index is -4.58. The molecule has 1 fully saturated rings. The average Bonchev–Trinajstić information content (AvgIpc) is 3.23. The Bertz CT molecular complexity index is 714. The topological polar surface area (TPSA) is 83.5 Å². The highest BCUT2D eigenvalue weighted by molar-refractivity contribution is 7.89. The van der Waals surface area contributed by atoms with Crippen LogP contribution in [0.3, 0.4) is 0 Å². The van der Waals surface area contributed by atoms with E-state index in [1.165, 1.54) is 6.92 Å². The summed E-state index contributed by atoms with van der Waals surface area (Å²) < 4.78 is 66.7. The highest BCUT2D eigenvalue weighted by Gasteiger charge is 2.47. The summed E-state index contributed by atoms with van der Waals surface area (Å²) >= 11 is 0. The highest BCUT2D eigenvalue weighted by Crippen LogP contribution is 2.43. The van der Waals surface area contributed by atoms with E-state index in [0.717, 1.165) is 12.1 Å². The normalized spacial score (nSPS) is 15.8. The van der Waals surface area contributed by atoms with Crippen molar-refractivity contribution in [2.45, 2.75) is 30.6 Å². The maximum Gasteiger partial charge on any atom is 0.338 e. The fraction of sp³-hybridized carbons (Fsp3) is 0.462. The molecule has 0 aliphatic heterocycles. The number of benzene rings is 1. The lowest BCUT2D eigenvalue weighted by atomic mass is 10.1. The van der Waals surface area contributed by atoms with Gasteiger partial charge in [0.2, 0.25) is 10.0 Å². The molecule has 0 spiro atoms. The highest BCUT2D eigenvalue weighted by atomic mass is 32.2. The second kappa shape index (κ2) is 5.54. The van der Waals surface area contributed by atoms with Crippen LogP contribution < -0.4 is 4.72 Å². The number of halogens is 3. The van der Waals surface area contributed by atoms with Gasteiger partial charge in [-0.3, -0.25) is 0 Å². The number of rotatable bonds is 6. The van der Waals surface area contributed by atoms with Crippen molar-refractivity contribution < 1.29 is 31.5 Å². The molecule has 0 heterocycles. The van der Waals surface area contributed by atoms with Crippen molar-refractivity contribution in [2.24, 2.45) is 5.92 Å². The summed E-state index contributed by atoms with van der Waals surface area (Å²) in [4.78, 5) is 9.94. The van der Waals surface area contributed by atoms with Gasteiger partial charge >= 0.3 is 5.97 Å². The van der Waals surface area contributed by atoms with Gasteiger partial charge in [-0.2, -0.15) is 0 Å². The van der Waals surface area contributed by atoms with Gasteiger partial charge in [-0.15, -0.1) is 0 Å². The summed E-state index contributed by atoms with van der Waals surface area (Å²) in [5, 5.41) is 8.85. The predicted molar refractivity (Wildman–Crippen MR) is 71.0 cm³/mol. The van der Waals surface area contributed by atoms with Crippen LogP contribution in [0.4, 0.5) is 13.2 Å². The SMILES string of the molecule is Cc1cc(C(=O)O)c(F)c(S(=O)(=O)NCC(F)(F)C2CC2)c1. The minimum absolute atomic E-state index is 0.188. The van der Waals surface area contributed by atoms with Crippen molar-refractivity contribution >= 4 is 16.0 Å². The molecule has 1 aromatic rings. The third kappa shape index (κ3) is 3.41. The third-order valence-corrected chi connectivity index (χ3v) is 4.78. The molecule has 0 atom stereocenters. The molecule has 0 aromatic heterocycles. The number of hydrogen-bond acceptors (Lipinski definition) is 3. The molecule has 122 valence electrons. The van der Waals surface area contributed by atoms with E-state index in [2.05, 4.69) is 0 Å². The Hall–Kier alpha value is -1.61. The molecule has 5 nitrogen and oxygen atoms in total. The molecule has 1 aliphatic carbocycles. The molecule has 2 N–H and O–H groups in total. The monoisotopic (exact) mass is 337 g/mol. The molecule has 0 unspecified atom stereocenters. The second-order valence-electron chi connectivity index (χ2n) is 5.29. The van der Waals surface area contributed by atoms with E-state index in [0.29, 0.717) is 12.8 Å². The predicted octanol–water partition coefficient (Wildman–Crippen LogP) is 2.16. The van der Waals surface area contributed by atoms with E-state index in [1.54, 1.807) is 4.72 Å². The Labute approximate surface area is 125 Å². The van der Waals surface area contributed by atoms with Crippen LogP contribution in [0.15, 0.2) is 17.0 Å². The van der Waals surface area contributed by atoms with Crippen LogP contribution in [0, 0.1) is 18.7 Å². The molecule has 0 saturated heterocycles. The van der Waals surface area contributed by atoms with Gasteiger partial charge in [0.25, 0.3) is 5.92 Å². The van der Waals surface area contributed by atoms with Crippen molar-refractivity contribution in [3.8, 4) is 0 Å². The van der Waals surface area contributed by atoms with E-state index in [1.807, 2.05) is 0 Å². The molecule has 1 aliphatic rings. The number of alkyl halides is 2. The summed E-state index contributed by atoms with van der Waals surface area (Å²) in [5.74, 6) is -7.18. The minimum Gasteiger partial charge on any atom is -0.478 e. The standard InChI is InChI=1S/C13H14F3NO4S/c1-7-4-9(12(18)19)11(14)10(5-7)22(20,21)17-6-13(15,16)8-2-3-8/h4-5,8,17H,2-3,6H2,1H3,(H,18,19). The maximum absolute atomic E-state index is 14.0. The maximum atomic E-state index is 14.0. The average molecular weight is 337 g/mol. The van der Waals surface area contributed by atoms with Crippen LogP contribution in [0.2, 0.25) is 0 Å². The smallest absolute Gasteiger partial charge is 0.338 e. The van der Waals surface area contributed by atoms with Crippen molar-refractivity contribution in [3.05, 3.63) is 29.1 Å². The molecular weight excluding hydrogens is 323 g/mol. The fourth-order valence-electron chi connectivity index (χ4n) is 2.01. The van der Waals surface area contributed by atoms with E-state index >= 15 is 0 Å². The van der Waals surface area contributed by atoms with Gasteiger partial charge in [-0.25, -0.2) is 31.1 Å². The third-order valence-electron chi connectivity index (χ3n) is 3.38. The van der Waals surface area contributed by atoms with Crippen LogP contribution in [0.5, 0.6) is 0 Å². The fourth-order valence-corrected chi connectivity index (χ4v) is 3.23. The first-order chi connectivity index (χ1) is 10.0. The first kappa shape index (κ1) is 16.8. The summed E-state index contributed by atoms with van der Waals surface area (Å²) in [6, 6.07) is 1.87. The molecule has 0 amide bonds. The Morgan fingerprint density at radius 2 is 2.00 bits per heavy atom. The Morgan fingerprint density at radius 1 is 1.41 bits per heavy atom. The Kier molecular flexibility index (Phi) is 4.22. The van der Waals surface area contributed by atoms with Gasteiger partial charge in [-0.05, 0) is 37.5 Å². The van der Waals surface area contributed by atoms with Crippen molar-refractivity contribution in [1.82, 2.24) is 4.72 Å². The van der Waals surface area contributed by atoms with Gasteiger partial charge in [0.1, 0.15) is 4.90 Å². The Balaban J connectivity index is 2.31. The number of hydrogen-bond donors (Lipinski definition) is 2. The van der Waals surface area contributed by atoms with Crippen LogP contribution in [0.1, 0.15) is 28.8 Å². The van der Waals surface area contributed by atoms with Crippen molar-refractivity contribution in [1.29, 1.82) is 0 Å². The van der Waals surface area contributed by atoms with Gasteiger partial charge in [0.15, 0.2) is 5.82 Å². The lowest BCUT2D eigenvalue weighted by molar-refractivity contribution is -0.0160. The number of carbonyl (C=O) groups is 1. The van der Waals surface area contributed by atoms with Gasteiger partial charge in [-0.1, -0.05) is 0 Å². The van der Waals surface area contributed by atoms with Crippen LogP contribution in [-0.2, 0) is 10.0 Å². The summed E-state index contributed by atoms with van der Waals surface area (Å²) in [6.07, 6.45) is 0.632. The van der Waals surface area contributed by atoms with Crippen LogP contribution in [-0.4, -0.2) is 32.0 Å². The number of carboxylic acids is 1. The molecule has 0 bridgehead atoms. The molecular formula is C13H14F3NO4S. The zero-order chi connectivity index (χ0) is 16.7. The number of carboxylic acid groups (broad SMARTS) is 1. The van der Waals surface area contributed by atoms with E-state index in [-0.39, 0.29) is 5.56 Å². The zero-order valence-electron chi connectivity index (χ0n) is 11.6. The Morgan fingerprint density at radius 3 is 2.50 bits per heavy atom. The molecule has 0 radical (unpaired) electrons. The van der Waals surface area contributed by atoms with Gasteiger partial charge in [0.05, 0.1) is 12.1 Å². The van der Waals surface area contributed by atoms with Crippen LogP contribution in [0.25, 0.3) is 0 Å². The van der Waals surface area contributed by atoms with Crippen LogP contribution >= 0.6 is 0 Å². The summed E-state index contributed by atoms with van der Waals surface area (Å²) in [6.45, 7) is 0.236. The van der Waals surface area contributed by atoms with Crippen molar-refractivity contribution in [2.75, 3.05) is 6.54 Å². The zero-order valence-corrected chi connectivity index (χ0v) is 12.4. The lowest BCUT2D eigenvalue weighted by Gasteiger charge is -2.17. The molecule has 9 heteroatoms. The first-order valence-corrected chi connectivity index (χ1v) is 7.94. The molecule has 2 rings (SSSR count). The number of sulfonamides is 1. The van der Waals surface area contributed by atoms with Gasteiger partial charge < -0.3 is 5.11 Å². The molecule has 1 saturated carbocycles. The number of aromatic carboxylic acids is 1. The summed E-state index contributed by atoms with van der Waals surface area (Å²) in [7, 11) is -4.58.